The van der Waals surface area contributed by atoms with Crippen LogP contribution in [0, 0.1) is 6.92 Å². The van der Waals surface area contributed by atoms with Crippen LogP contribution >= 0.6 is 34.8 Å². The van der Waals surface area contributed by atoms with E-state index in [1.165, 1.54) is 18.2 Å². The highest BCUT2D eigenvalue weighted by atomic mass is 35.5. The molecule has 0 aliphatic carbocycles. The minimum absolute atomic E-state index is 0.0845. The second-order valence-electron chi connectivity index (χ2n) is 4.07. The van der Waals surface area contributed by atoms with E-state index in [1.807, 2.05) is 0 Å². The fourth-order valence-electron chi connectivity index (χ4n) is 1.61. The molecule has 2 aromatic rings. The van der Waals surface area contributed by atoms with Gasteiger partial charge in [0.1, 0.15) is 10.0 Å². The van der Waals surface area contributed by atoms with E-state index in [4.69, 9.17) is 40.5 Å². The highest BCUT2D eigenvalue weighted by Crippen LogP contribution is 2.32. The molecule has 0 spiro atoms. The van der Waals surface area contributed by atoms with Crippen molar-refractivity contribution in [1.29, 1.82) is 0 Å². The summed E-state index contributed by atoms with van der Waals surface area (Å²) in [7, 11) is -4.07. The minimum atomic E-state index is -4.07. The van der Waals surface area contributed by atoms with Crippen molar-refractivity contribution >= 4 is 56.5 Å². The van der Waals surface area contributed by atoms with Crippen LogP contribution in [-0.2, 0) is 10.0 Å². The average Bonchev–Trinajstić information content (AvgIpc) is 2.23. The lowest BCUT2D eigenvalue weighted by molar-refractivity contribution is 0.601. The van der Waals surface area contributed by atoms with E-state index in [2.05, 4.69) is 14.7 Å². The Balaban J connectivity index is 2.48. The van der Waals surface area contributed by atoms with Gasteiger partial charge in [-0.05, 0) is 25.1 Å². The molecule has 6 nitrogen and oxygen atoms in total. The van der Waals surface area contributed by atoms with Gasteiger partial charge in [0, 0.05) is 10.7 Å². The summed E-state index contributed by atoms with van der Waals surface area (Å²) in [5.74, 6) is -0.176. The molecule has 2 rings (SSSR count). The third-order valence-electron chi connectivity index (χ3n) is 2.35. The molecule has 10 heteroatoms. The fraction of sp³-hybridized carbons (Fsp3) is 0.0909. The molecule has 112 valence electrons. The summed E-state index contributed by atoms with van der Waals surface area (Å²) >= 11 is 17.4. The maximum atomic E-state index is 12.3. The quantitative estimate of drug-likeness (QED) is 0.641. The number of nitrogens with zero attached hydrogens (tertiary/aromatic N) is 2. The zero-order valence-corrected chi connectivity index (χ0v) is 13.6. The van der Waals surface area contributed by atoms with Crippen LogP contribution in [0.5, 0.6) is 0 Å². The number of nitrogen functional groups attached to an aromatic ring is 1. The van der Waals surface area contributed by atoms with E-state index in [-0.39, 0.29) is 31.7 Å². The lowest BCUT2D eigenvalue weighted by Crippen LogP contribution is -2.17. The number of anilines is 2. The van der Waals surface area contributed by atoms with Crippen molar-refractivity contribution in [3.8, 4) is 0 Å². The molecule has 0 atom stereocenters. The molecule has 1 aromatic carbocycles. The van der Waals surface area contributed by atoms with Gasteiger partial charge >= 0.3 is 0 Å². The molecular weight excluding hydrogens is 359 g/mol. The Morgan fingerprint density at radius 3 is 2.38 bits per heavy atom. The summed E-state index contributed by atoms with van der Waals surface area (Å²) in [5.41, 5.74) is 6.09. The summed E-state index contributed by atoms with van der Waals surface area (Å²) in [5, 5.41) is 0.230. The molecule has 0 amide bonds. The van der Waals surface area contributed by atoms with Gasteiger partial charge in [-0.3, -0.25) is 0 Å². The van der Waals surface area contributed by atoms with Crippen molar-refractivity contribution < 1.29 is 8.42 Å². The second-order valence-corrected chi connectivity index (χ2v) is 6.92. The average molecular weight is 368 g/mol. The number of benzene rings is 1. The normalized spacial score (nSPS) is 11.4. The maximum Gasteiger partial charge on any atom is 0.267 e. The van der Waals surface area contributed by atoms with Crippen molar-refractivity contribution in [2.75, 3.05) is 10.5 Å². The Kier molecular flexibility index (Phi) is 4.48. The van der Waals surface area contributed by atoms with Crippen LogP contribution in [0.25, 0.3) is 0 Å². The van der Waals surface area contributed by atoms with Crippen LogP contribution < -0.4 is 10.5 Å². The van der Waals surface area contributed by atoms with E-state index >= 15 is 0 Å². The minimum Gasteiger partial charge on any atom is -0.398 e. The van der Waals surface area contributed by atoms with Crippen LogP contribution in [0.3, 0.4) is 0 Å². The Labute approximate surface area is 136 Å². The smallest absolute Gasteiger partial charge is 0.267 e. The topological polar surface area (TPSA) is 98.0 Å². The van der Waals surface area contributed by atoms with Gasteiger partial charge in [0.15, 0.2) is 0 Å². The fourth-order valence-corrected chi connectivity index (χ4v) is 3.78. The summed E-state index contributed by atoms with van der Waals surface area (Å²) in [4.78, 5) is 7.40. The predicted molar refractivity (Wildman–Crippen MR) is 83.5 cm³/mol. The molecule has 1 heterocycles. The molecule has 0 unspecified atom stereocenters. The Hall–Kier alpha value is -1.28. The number of aromatic nitrogens is 2. The van der Waals surface area contributed by atoms with E-state index in [0.29, 0.717) is 5.69 Å². The highest BCUT2D eigenvalue weighted by molar-refractivity contribution is 7.93. The number of aryl methyl sites for hydroxylation is 1. The lowest BCUT2D eigenvalue weighted by atomic mass is 10.3. The van der Waals surface area contributed by atoms with Crippen LogP contribution in [0.15, 0.2) is 23.1 Å². The van der Waals surface area contributed by atoms with Gasteiger partial charge in [-0.1, -0.05) is 34.8 Å². The molecule has 0 aliphatic rings. The van der Waals surface area contributed by atoms with E-state index in [0.717, 1.165) is 0 Å². The van der Waals surface area contributed by atoms with Crippen molar-refractivity contribution in [3.05, 3.63) is 39.1 Å². The predicted octanol–water partition coefficient (Wildman–Crippen LogP) is 3.13. The molecule has 0 fully saturated rings. The largest absolute Gasteiger partial charge is 0.398 e. The summed E-state index contributed by atoms with van der Waals surface area (Å²) in [6.45, 7) is 1.65. The van der Waals surface area contributed by atoms with Crippen molar-refractivity contribution in [2.45, 2.75) is 11.8 Å². The Morgan fingerprint density at radius 1 is 1.14 bits per heavy atom. The zero-order valence-electron chi connectivity index (χ0n) is 10.6. The molecular formula is C11H9Cl3N4O2S. The number of nitrogens with two attached hydrogens (primary N) is 1. The van der Waals surface area contributed by atoms with E-state index in [1.54, 1.807) is 6.92 Å². The summed E-state index contributed by atoms with van der Waals surface area (Å²) in [6, 6.07) is 4.05. The van der Waals surface area contributed by atoms with Crippen LogP contribution in [-0.4, -0.2) is 18.4 Å². The van der Waals surface area contributed by atoms with Gasteiger partial charge < -0.3 is 5.73 Å². The highest BCUT2D eigenvalue weighted by Gasteiger charge is 2.23. The first kappa shape index (κ1) is 16.1. The number of sulfonamides is 1. The lowest BCUT2D eigenvalue weighted by Gasteiger charge is -2.11. The van der Waals surface area contributed by atoms with Crippen molar-refractivity contribution in [1.82, 2.24) is 9.97 Å². The first-order valence-corrected chi connectivity index (χ1v) is 8.09. The molecule has 0 saturated carbocycles. The molecule has 0 bridgehead atoms. The standard InChI is InChI=1S/C11H9Cl3N4O2S/c1-5-2-9(14)17-11(16-5)18-21(19,20)10-7(13)3-6(12)4-8(10)15/h2-4H,15H2,1H3,(H,16,17,18). The first-order chi connectivity index (χ1) is 9.69. The molecule has 0 radical (unpaired) electrons. The van der Waals surface area contributed by atoms with Gasteiger partial charge in [0.2, 0.25) is 5.95 Å². The summed E-state index contributed by atoms with van der Waals surface area (Å²) in [6.07, 6.45) is 0. The Morgan fingerprint density at radius 2 is 1.81 bits per heavy atom. The van der Waals surface area contributed by atoms with Crippen LogP contribution in [0.4, 0.5) is 11.6 Å². The number of nitrogens with one attached hydrogen (secondary N) is 1. The Bertz CT molecular complexity index is 768. The molecule has 3 N–H and O–H groups in total. The van der Waals surface area contributed by atoms with Gasteiger partial charge in [0.05, 0.1) is 10.7 Å². The van der Waals surface area contributed by atoms with Gasteiger partial charge in [0.25, 0.3) is 10.0 Å². The number of rotatable bonds is 3. The van der Waals surface area contributed by atoms with E-state index in [9.17, 15) is 8.42 Å². The number of hydrogen-bond acceptors (Lipinski definition) is 5. The molecule has 0 saturated heterocycles. The summed E-state index contributed by atoms with van der Waals surface area (Å²) < 4.78 is 26.8. The second kappa shape index (κ2) is 5.84. The van der Waals surface area contributed by atoms with Crippen LogP contribution in [0.1, 0.15) is 5.69 Å². The third kappa shape index (κ3) is 3.68. The molecule has 0 aliphatic heterocycles. The van der Waals surface area contributed by atoms with Crippen molar-refractivity contribution in [2.24, 2.45) is 0 Å². The first-order valence-electron chi connectivity index (χ1n) is 5.47. The maximum absolute atomic E-state index is 12.3. The van der Waals surface area contributed by atoms with Gasteiger partial charge in [-0.2, -0.15) is 0 Å². The van der Waals surface area contributed by atoms with Gasteiger partial charge in [-0.15, -0.1) is 0 Å². The molecule has 1 aromatic heterocycles. The van der Waals surface area contributed by atoms with Crippen molar-refractivity contribution in [3.63, 3.8) is 0 Å². The third-order valence-corrected chi connectivity index (χ3v) is 4.62. The molecule has 21 heavy (non-hydrogen) atoms. The van der Waals surface area contributed by atoms with E-state index < -0.39 is 10.0 Å². The van der Waals surface area contributed by atoms with Crippen LogP contribution in [0.2, 0.25) is 15.2 Å². The monoisotopic (exact) mass is 366 g/mol. The van der Waals surface area contributed by atoms with Gasteiger partial charge in [-0.25, -0.2) is 23.1 Å². The number of hydrogen-bond donors (Lipinski definition) is 2. The zero-order chi connectivity index (χ0) is 15.8. The SMILES string of the molecule is Cc1cc(Cl)nc(NS(=O)(=O)c2c(N)cc(Cl)cc2Cl)n1. The number of halogens is 3.